The number of benzene rings is 2. The van der Waals surface area contributed by atoms with Crippen LogP contribution in [0, 0.1) is 18.3 Å². The van der Waals surface area contributed by atoms with Crippen LogP contribution in [-0.2, 0) is 59.2 Å². The topological polar surface area (TPSA) is 191 Å². The van der Waals surface area contributed by atoms with Crippen molar-refractivity contribution in [1.82, 2.24) is 49.4 Å². The Bertz CT molecular complexity index is 2710. The number of carboxylic acids is 1. The Balaban J connectivity index is 0.000000343. The smallest absolute Gasteiger partial charge is 0.354 e. The van der Waals surface area contributed by atoms with Crippen LogP contribution in [0.25, 0.3) is 33.3 Å². The van der Waals surface area contributed by atoms with Crippen molar-refractivity contribution in [2.75, 3.05) is 36.9 Å². The summed E-state index contributed by atoms with van der Waals surface area (Å²) in [5.74, 6) is 0.792. The molecule has 1 fully saturated rings. The molecule has 3 N–H and O–H groups in total. The van der Waals surface area contributed by atoms with Crippen molar-refractivity contribution >= 4 is 56.9 Å². The number of carbonyl (C=O) groups is 2. The van der Waals surface area contributed by atoms with Gasteiger partial charge in [-0.2, -0.15) is 17.1 Å². The molecule has 19 heteroatoms. The molecule has 6 heterocycles. The second-order valence-electron chi connectivity index (χ2n) is 17.4. The standard InChI is InChI=1S/C33H36N8O2.C13H16N4O2.C2H4I.2V/c1-22-34-19-25(20-35-22)41-31(17-30(39-41)33(2,3)4)38-32(42)37-29-12-11-26(27-7-5-6-8-28(27)29)23-9-10-24(36-18-23)21-40-13-15-43-16-14-40;1-8-14-6-9(7-15-8)17-10(12(18)19)5-11(16-17)13(2,3)4;1-2-3;;/h5-12,17-20H,13-16,21H2,1-4H3,(H2,37,38,42);5-7H,1-4H3,(H,18,19);2H,1H3;;/q;;-1;;. The monoisotopic (exact) mass is 1090 g/mol. The molecule has 350 valence electrons. The summed E-state index contributed by atoms with van der Waals surface area (Å²) in [5.41, 5.74) is 6.24. The molecule has 7 aromatic rings. The molecule has 5 aromatic heterocycles. The number of halogens is 1. The van der Waals surface area contributed by atoms with Gasteiger partial charge in [-0.25, -0.2) is 38.9 Å². The molecular formula is C48H56IN12O4V2-. The Labute approximate surface area is 429 Å². The van der Waals surface area contributed by atoms with Crippen LogP contribution in [0.4, 0.5) is 16.3 Å². The Morgan fingerprint density at radius 2 is 1.27 bits per heavy atom. The van der Waals surface area contributed by atoms with E-state index in [0.717, 1.165) is 66.1 Å². The number of urea groups is 1. The van der Waals surface area contributed by atoms with Gasteiger partial charge < -0.3 is 37.8 Å². The van der Waals surface area contributed by atoms with Gasteiger partial charge in [0, 0.05) is 90.8 Å². The average molecular weight is 1090 g/mol. The van der Waals surface area contributed by atoms with E-state index >= 15 is 0 Å². The van der Waals surface area contributed by atoms with Gasteiger partial charge in [0.25, 0.3) is 0 Å². The Morgan fingerprint density at radius 3 is 1.81 bits per heavy atom. The summed E-state index contributed by atoms with van der Waals surface area (Å²) in [4.78, 5) is 48.5. The normalized spacial score (nSPS) is 12.6. The molecule has 2 radical (unpaired) electrons. The molecule has 0 unspecified atom stereocenters. The molecule has 0 spiro atoms. The van der Waals surface area contributed by atoms with E-state index in [2.05, 4.69) is 102 Å². The minimum atomic E-state index is -1.02. The van der Waals surface area contributed by atoms with Crippen LogP contribution in [0.2, 0.25) is 0 Å². The van der Waals surface area contributed by atoms with Crippen LogP contribution in [0.3, 0.4) is 0 Å². The zero-order chi connectivity index (χ0) is 46.9. The van der Waals surface area contributed by atoms with Crippen LogP contribution < -0.4 is 10.6 Å². The number of amides is 2. The first-order chi connectivity index (χ1) is 30.9. The number of hydrogen-bond acceptors (Lipinski definition) is 11. The van der Waals surface area contributed by atoms with Gasteiger partial charge in [-0.3, -0.25) is 19.6 Å². The van der Waals surface area contributed by atoms with Crippen LogP contribution in [0.5, 0.6) is 0 Å². The van der Waals surface area contributed by atoms with E-state index in [1.807, 2.05) is 81.6 Å². The van der Waals surface area contributed by atoms with Gasteiger partial charge in [-0.15, -0.1) is 0 Å². The molecule has 1 aliphatic heterocycles. The number of aromatic carboxylic acids is 1. The molecule has 2 aromatic carbocycles. The van der Waals surface area contributed by atoms with Crippen molar-refractivity contribution in [3.8, 4) is 22.5 Å². The van der Waals surface area contributed by atoms with E-state index in [1.165, 1.54) is 4.68 Å². The molecule has 16 nitrogen and oxygen atoms in total. The van der Waals surface area contributed by atoms with Crippen molar-refractivity contribution in [2.24, 2.45) is 0 Å². The van der Waals surface area contributed by atoms with Crippen molar-refractivity contribution in [3.63, 3.8) is 0 Å². The molecule has 2 amide bonds. The number of rotatable bonds is 8. The fourth-order valence-corrected chi connectivity index (χ4v) is 6.72. The third-order valence-electron chi connectivity index (χ3n) is 10.2. The maximum absolute atomic E-state index is 13.4. The molecule has 1 aliphatic rings. The molecule has 0 saturated carbocycles. The van der Waals surface area contributed by atoms with Crippen molar-refractivity contribution in [3.05, 3.63) is 130 Å². The van der Waals surface area contributed by atoms with Crippen molar-refractivity contribution < 1.29 is 56.5 Å². The minimum Gasteiger partial charge on any atom is -0.477 e. The first kappa shape index (κ1) is 54.6. The molecule has 8 rings (SSSR count). The Morgan fingerprint density at radius 1 is 0.731 bits per heavy atom. The summed E-state index contributed by atoms with van der Waals surface area (Å²) in [6.45, 7) is 22.0. The maximum atomic E-state index is 13.4. The SMILES string of the molecule is C[CH-]I.Cc1ncc(-n2nc(C(C)(C)C)cc2C(=O)O)cn1.Cc1ncc(-n2nc(C(C)(C)C)cc2NC(=O)Nc2ccc(-c3ccc(CN4CCOCC4)nc3)c3ccccc23)cn1.[V].[V]. The number of morpholine rings is 1. The quantitative estimate of drug-likeness (QED) is 0.0967. The summed E-state index contributed by atoms with van der Waals surface area (Å²) in [6, 6.07) is 19.3. The van der Waals surface area contributed by atoms with Crippen LogP contribution in [-0.4, -0.2) is 92.8 Å². The number of aromatic nitrogens is 9. The number of aryl methyl sites for hydroxylation is 2. The second-order valence-corrected chi connectivity index (χ2v) is 18.6. The van der Waals surface area contributed by atoms with E-state index in [1.54, 1.807) is 42.5 Å². The predicted octanol–water partition coefficient (Wildman–Crippen LogP) is 9.52. The summed E-state index contributed by atoms with van der Waals surface area (Å²) in [6.07, 6.45) is 8.45. The number of nitrogens with zero attached hydrogens (tertiary/aromatic N) is 10. The van der Waals surface area contributed by atoms with E-state index in [4.69, 9.17) is 14.8 Å². The molecule has 0 aliphatic carbocycles. The van der Waals surface area contributed by atoms with Gasteiger partial charge in [-0.05, 0) is 43.0 Å². The average Bonchev–Trinajstić information content (AvgIpc) is 3.92. The fraction of sp³-hybridized carbons (Fsp3) is 0.333. The van der Waals surface area contributed by atoms with Gasteiger partial charge in [0.2, 0.25) is 0 Å². The summed E-state index contributed by atoms with van der Waals surface area (Å²) < 4.78 is 10.5. The number of fused-ring (bicyclic) bond motifs is 1. The maximum Gasteiger partial charge on any atom is 0.354 e. The molecular weight excluding hydrogens is 1040 g/mol. The Kier molecular flexibility index (Phi) is 19.8. The number of hydrogen-bond donors (Lipinski definition) is 3. The first-order valence-electron chi connectivity index (χ1n) is 21.2. The molecule has 67 heavy (non-hydrogen) atoms. The van der Waals surface area contributed by atoms with Gasteiger partial charge in [0.05, 0.1) is 60.8 Å². The van der Waals surface area contributed by atoms with Gasteiger partial charge >= 0.3 is 12.0 Å². The molecule has 0 atom stereocenters. The molecule has 1 saturated heterocycles. The number of carboxylic acid groups (broad SMARTS) is 1. The largest absolute Gasteiger partial charge is 0.477 e. The van der Waals surface area contributed by atoms with Gasteiger partial charge in [0.1, 0.15) is 28.8 Å². The third kappa shape index (κ3) is 14.5. The van der Waals surface area contributed by atoms with Crippen molar-refractivity contribution in [1.29, 1.82) is 0 Å². The number of carbonyl (C=O) groups excluding carboxylic acids is 1. The van der Waals surface area contributed by atoms with Crippen LogP contribution in [0.15, 0.2) is 91.6 Å². The van der Waals surface area contributed by atoms with Gasteiger partial charge in [0.15, 0.2) is 5.69 Å². The molecule has 0 bridgehead atoms. The van der Waals surface area contributed by atoms with Gasteiger partial charge in [-0.1, -0.05) is 77.9 Å². The third-order valence-corrected chi connectivity index (χ3v) is 10.2. The van der Waals surface area contributed by atoms with Crippen LogP contribution in [0.1, 0.15) is 87.7 Å². The number of anilines is 2. The first-order valence-corrected chi connectivity index (χ1v) is 22.5. The zero-order valence-electron chi connectivity index (χ0n) is 39.2. The van der Waals surface area contributed by atoms with E-state index in [-0.39, 0.29) is 59.7 Å². The number of pyridine rings is 1. The van der Waals surface area contributed by atoms with E-state index in [0.29, 0.717) is 40.2 Å². The van der Waals surface area contributed by atoms with Crippen LogP contribution >= 0.6 is 22.6 Å². The van der Waals surface area contributed by atoms with Crippen molar-refractivity contribution in [2.45, 2.75) is 79.7 Å². The fourth-order valence-electron chi connectivity index (χ4n) is 6.72. The number of nitrogens with one attached hydrogen (secondary N) is 2. The summed E-state index contributed by atoms with van der Waals surface area (Å²) in [5, 5.41) is 26.4. The Hall–Kier alpha value is -5.01. The predicted molar refractivity (Wildman–Crippen MR) is 262 cm³/mol. The zero-order valence-corrected chi connectivity index (χ0v) is 44.1. The van der Waals surface area contributed by atoms with E-state index in [9.17, 15) is 14.7 Å². The summed E-state index contributed by atoms with van der Waals surface area (Å²) >= 11 is 2.16. The minimum absolute atomic E-state index is 0. The number of ether oxygens (including phenoxy) is 1. The second kappa shape index (κ2) is 24.3. The van der Waals surface area contributed by atoms with E-state index < -0.39 is 5.97 Å². The summed E-state index contributed by atoms with van der Waals surface area (Å²) in [7, 11) is 0.